The van der Waals surface area contributed by atoms with Gasteiger partial charge in [0.2, 0.25) is 0 Å². The normalized spacial score (nSPS) is 20.4. The first kappa shape index (κ1) is 13.6. The van der Waals surface area contributed by atoms with Crippen molar-refractivity contribution in [3.63, 3.8) is 0 Å². The third-order valence-corrected chi connectivity index (χ3v) is 4.14. The van der Waals surface area contributed by atoms with Gasteiger partial charge in [-0.1, -0.05) is 11.6 Å². The number of methoxy groups -OCH3 is 1. The lowest BCUT2D eigenvalue weighted by Crippen LogP contribution is -2.22. The number of hydrogen-bond donors (Lipinski definition) is 0. The van der Waals surface area contributed by atoms with Gasteiger partial charge in [0.1, 0.15) is 5.15 Å². The molecule has 5 nitrogen and oxygen atoms in total. The van der Waals surface area contributed by atoms with Gasteiger partial charge in [-0.15, -0.1) is 0 Å². The van der Waals surface area contributed by atoms with Gasteiger partial charge in [-0.2, -0.15) is 0 Å². The Hall–Kier alpha value is -0.850. The number of ether oxygens (including phenoxy) is 1. The summed E-state index contributed by atoms with van der Waals surface area (Å²) < 4.78 is 28.3. The number of sulfone groups is 1. The van der Waals surface area contributed by atoms with Crippen molar-refractivity contribution in [2.75, 3.05) is 31.4 Å². The second-order valence-electron chi connectivity index (χ2n) is 4.35. The van der Waals surface area contributed by atoms with E-state index < -0.39 is 9.84 Å². The molecule has 1 atom stereocenters. The average molecular weight is 291 g/mol. The maximum Gasteiger partial charge on any atom is 0.192 e. The highest BCUT2D eigenvalue weighted by atomic mass is 35.5. The quantitative estimate of drug-likeness (QED) is 0.787. The zero-order valence-corrected chi connectivity index (χ0v) is 11.8. The molecule has 0 unspecified atom stereocenters. The fourth-order valence-electron chi connectivity index (χ4n) is 1.99. The first-order valence-corrected chi connectivity index (χ1v) is 7.82. The Morgan fingerprint density at radius 2 is 2.22 bits per heavy atom. The Balaban J connectivity index is 2.32. The van der Waals surface area contributed by atoms with Gasteiger partial charge in [0.25, 0.3) is 0 Å². The van der Waals surface area contributed by atoms with Gasteiger partial charge in [0.15, 0.2) is 14.9 Å². The van der Waals surface area contributed by atoms with E-state index in [-0.39, 0.29) is 16.3 Å². The number of hydrogen-bond acceptors (Lipinski definition) is 5. The number of rotatable bonds is 3. The first-order chi connectivity index (χ1) is 8.40. The van der Waals surface area contributed by atoms with Crippen LogP contribution in [0.5, 0.6) is 0 Å². The molecule has 1 aromatic heterocycles. The Kier molecular flexibility index (Phi) is 3.79. The largest absolute Gasteiger partial charge is 0.380 e. The fourth-order valence-corrected chi connectivity index (χ4v) is 2.84. The third-order valence-electron chi connectivity index (χ3n) is 2.98. The maximum absolute atomic E-state index is 11.5. The lowest BCUT2D eigenvalue weighted by Gasteiger charge is -2.19. The molecule has 0 spiro atoms. The van der Waals surface area contributed by atoms with Crippen molar-refractivity contribution in [3.05, 3.63) is 17.3 Å². The van der Waals surface area contributed by atoms with Crippen LogP contribution in [-0.4, -0.2) is 46.0 Å². The lowest BCUT2D eigenvalue weighted by atomic mass is 10.3. The van der Waals surface area contributed by atoms with Crippen molar-refractivity contribution in [3.8, 4) is 0 Å². The van der Waals surface area contributed by atoms with Crippen molar-refractivity contribution < 1.29 is 13.2 Å². The van der Waals surface area contributed by atoms with E-state index in [1.165, 1.54) is 0 Å². The van der Waals surface area contributed by atoms with Gasteiger partial charge in [0, 0.05) is 32.1 Å². The molecule has 18 heavy (non-hydrogen) atoms. The Labute approximate surface area is 112 Å². The number of halogens is 1. The molecule has 1 fully saturated rings. The average Bonchev–Trinajstić information content (AvgIpc) is 2.75. The van der Waals surface area contributed by atoms with Crippen LogP contribution in [0.1, 0.15) is 6.42 Å². The monoisotopic (exact) mass is 290 g/mol. The van der Waals surface area contributed by atoms with E-state index in [0.717, 1.165) is 31.5 Å². The zero-order chi connectivity index (χ0) is 13.3. The highest BCUT2D eigenvalue weighted by Crippen LogP contribution is 2.26. The van der Waals surface area contributed by atoms with E-state index in [1.807, 2.05) is 0 Å². The Morgan fingerprint density at radius 3 is 2.78 bits per heavy atom. The van der Waals surface area contributed by atoms with E-state index in [4.69, 9.17) is 16.3 Å². The second-order valence-corrected chi connectivity index (χ2v) is 6.70. The number of aromatic nitrogens is 1. The summed E-state index contributed by atoms with van der Waals surface area (Å²) in [6, 6.07) is 3.23. The molecule has 1 aromatic rings. The molecular weight excluding hydrogens is 276 g/mol. The summed E-state index contributed by atoms with van der Waals surface area (Å²) in [6.45, 7) is 1.56. The molecule has 2 rings (SSSR count). The minimum absolute atomic E-state index is 0.00543. The standard InChI is InChI=1S/C11H15ClN2O3S/c1-17-9-3-4-14(7-9)8-5-10(12)13-11(6-8)18(2,15)16/h5-6,9H,3-4,7H2,1-2H3/t9-/m0/s1. The molecule has 0 radical (unpaired) electrons. The van der Waals surface area contributed by atoms with Crippen LogP contribution in [0.3, 0.4) is 0 Å². The third kappa shape index (κ3) is 2.93. The number of nitrogens with zero attached hydrogens (tertiary/aromatic N) is 2. The van der Waals surface area contributed by atoms with Gasteiger partial charge in [0.05, 0.1) is 6.10 Å². The Bertz CT molecular complexity index is 547. The van der Waals surface area contributed by atoms with Crippen LogP contribution < -0.4 is 4.90 Å². The summed E-state index contributed by atoms with van der Waals surface area (Å²) >= 11 is 5.87. The molecule has 2 heterocycles. The van der Waals surface area contributed by atoms with Gasteiger partial charge in [-0.25, -0.2) is 13.4 Å². The van der Waals surface area contributed by atoms with Crippen LogP contribution in [-0.2, 0) is 14.6 Å². The Morgan fingerprint density at radius 1 is 1.50 bits per heavy atom. The summed E-state index contributed by atoms with van der Waals surface area (Å²) in [4.78, 5) is 5.89. The van der Waals surface area contributed by atoms with E-state index >= 15 is 0 Å². The van der Waals surface area contributed by atoms with Crippen molar-refractivity contribution in [2.45, 2.75) is 17.6 Å². The maximum atomic E-state index is 11.5. The van der Waals surface area contributed by atoms with Crippen LogP contribution >= 0.6 is 11.6 Å². The van der Waals surface area contributed by atoms with Crippen molar-refractivity contribution in [1.29, 1.82) is 0 Å². The predicted octanol–water partition coefficient (Wildman–Crippen LogP) is 1.36. The predicted molar refractivity (Wildman–Crippen MR) is 70.0 cm³/mol. The minimum Gasteiger partial charge on any atom is -0.380 e. The highest BCUT2D eigenvalue weighted by Gasteiger charge is 2.24. The molecule has 0 bridgehead atoms. The summed E-state index contributed by atoms with van der Waals surface area (Å²) in [5, 5.41) is 0.194. The van der Waals surface area contributed by atoms with E-state index in [0.29, 0.717) is 0 Å². The summed E-state index contributed by atoms with van der Waals surface area (Å²) in [6.07, 6.45) is 2.22. The molecule has 0 N–H and O–H groups in total. The molecule has 7 heteroatoms. The first-order valence-electron chi connectivity index (χ1n) is 5.55. The van der Waals surface area contributed by atoms with Crippen LogP contribution in [0.4, 0.5) is 5.69 Å². The molecule has 1 aliphatic rings. The van der Waals surface area contributed by atoms with Crippen molar-refractivity contribution >= 4 is 27.1 Å². The van der Waals surface area contributed by atoms with E-state index in [9.17, 15) is 8.42 Å². The minimum atomic E-state index is -3.35. The molecule has 1 saturated heterocycles. The molecular formula is C11H15ClN2O3S. The molecule has 0 aromatic carbocycles. The molecule has 100 valence electrons. The van der Waals surface area contributed by atoms with Crippen LogP contribution in [0.25, 0.3) is 0 Å². The lowest BCUT2D eigenvalue weighted by molar-refractivity contribution is 0.121. The number of anilines is 1. The van der Waals surface area contributed by atoms with Gasteiger partial charge >= 0.3 is 0 Å². The van der Waals surface area contributed by atoms with Gasteiger partial charge in [-0.05, 0) is 18.6 Å². The molecule has 1 aliphatic heterocycles. The fraction of sp³-hybridized carbons (Fsp3) is 0.545. The highest BCUT2D eigenvalue weighted by molar-refractivity contribution is 7.90. The topological polar surface area (TPSA) is 59.5 Å². The molecule has 0 aliphatic carbocycles. The summed E-state index contributed by atoms with van der Waals surface area (Å²) in [5.74, 6) is 0. The number of pyridine rings is 1. The summed E-state index contributed by atoms with van der Waals surface area (Å²) in [7, 11) is -1.67. The smallest absolute Gasteiger partial charge is 0.192 e. The van der Waals surface area contributed by atoms with Crippen molar-refractivity contribution in [2.24, 2.45) is 0 Å². The second kappa shape index (κ2) is 5.03. The van der Waals surface area contributed by atoms with Gasteiger partial charge in [-0.3, -0.25) is 0 Å². The molecule has 0 saturated carbocycles. The molecule has 0 amide bonds. The van der Waals surface area contributed by atoms with Gasteiger partial charge < -0.3 is 9.64 Å². The SMILES string of the molecule is CO[C@H]1CCN(c2cc(Cl)nc(S(C)(=O)=O)c2)C1. The zero-order valence-electron chi connectivity index (χ0n) is 10.3. The van der Waals surface area contributed by atoms with E-state index in [2.05, 4.69) is 9.88 Å². The van der Waals surface area contributed by atoms with Crippen molar-refractivity contribution in [1.82, 2.24) is 4.98 Å². The van der Waals surface area contributed by atoms with E-state index in [1.54, 1.807) is 19.2 Å². The summed E-state index contributed by atoms with van der Waals surface area (Å²) in [5.41, 5.74) is 0.773. The van der Waals surface area contributed by atoms with Crippen LogP contribution in [0.15, 0.2) is 17.2 Å². The van der Waals surface area contributed by atoms with Crippen LogP contribution in [0.2, 0.25) is 5.15 Å². The van der Waals surface area contributed by atoms with Crippen LogP contribution in [0, 0.1) is 0 Å².